The fourth-order valence-electron chi connectivity index (χ4n) is 14.8. The quantitative estimate of drug-likeness (QED) is 0.0147. The number of carboxylic acid groups (broad SMARTS) is 2. The Labute approximate surface area is 779 Å². The second-order valence-electron chi connectivity index (χ2n) is 36.3. The van der Waals surface area contributed by atoms with Gasteiger partial charge in [0.05, 0.1) is 24.7 Å². The van der Waals surface area contributed by atoms with Crippen LogP contribution >= 0.6 is 11.8 Å². The molecule has 2 aromatic heterocycles. The number of rotatable bonds is 57. The molecule has 0 spiro atoms. The molecule has 26 N–H and O–H groups in total. The Morgan fingerprint density at radius 1 is 0.376 bits per heavy atom. The van der Waals surface area contributed by atoms with Crippen LogP contribution in [0.15, 0.2) is 91.3 Å². The smallest absolute Gasteiger partial charge is 0.326 e. The zero-order valence-electron chi connectivity index (χ0n) is 78.7. The number of carboxylic acids is 2. The molecule has 0 aliphatic rings. The van der Waals surface area contributed by atoms with Gasteiger partial charge in [-0.25, -0.2) is 4.79 Å². The van der Waals surface area contributed by atoms with Crippen molar-refractivity contribution in [3.8, 4) is 0 Å². The predicted octanol–water partition coefficient (Wildman–Crippen LogP) is 1.04. The number of guanidine groups is 1. The molecule has 0 aliphatic heterocycles. The van der Waals surface area contributed by atoms with Gasteiger partial charge in [-0.1, -0.05) is 150 Å². The Bertz CT molecular complexity index is 4770. The van der Waals surface area contributed by atoms with E-state index in [1.54, 1.807) is 154 Å². The number of amides is 14. The molecular weight excluding hydrogens is 1740 g/mol. The molecule has 0 bridgehead atoms. The number of aliphatic hydroxyl groups excluding tert-OH is 2. The van der Waals surface area contributed by atoms with E-state index >= 15 is 14.4 Å². The maximum atomic E-state index is 15.1. The highest BCUT2D eigenvalue weighted by molar-refractivity contribution is 7.98. The van der Waals surface area contributed by atoms with E-state index in [1.807, 2.05) is 20.1 Å². The summed E-state index contributed by atoms with van der Waals surface area (Å²) < 4.78 is 0. The van der Waals surface area contributed by atoms with Crippen LogP contribution in [0.2, 0.25) is 0 Å². The molecule has 3 aromatic carbocycles. The number of benzene rings is 3. The van der Waals surface area contributed by atoms with E-state index in [2.05, 4.69) is 89.7 Å². The van der Waals surface area contributed by atoms with Crippen LogP contribution in [0.25, 0.3) is 21.8 Å². The summed E-state index contributed by atoms with van der Waals surface area (Å²) in [5.41, 5.74) is 14.5. The molecule has 14 amide bonds. The van der Waals surface area contributed by atoms with Gasteiger partial charge in [0.1, 0.15) is 84.6 Å². The molecule has 0 fully saturated rings. The topological polar surface area (TPSA) is 642 Å². The second kappa shape index (κ2) is 54.7. The summed E-state index contributed by atoms with van der Waals surface area (Å²) in [6.45, 7) is 24.6. The number of aromatic nitrogens is 2. The number of hydrogen-bond acceptors (Lipinski definition) is 21. The van der Waals surface area contributed by atoms with Crippen molar-refractivity contribution in [1.29, 1.82) is 5.41 Å². The van der Waals surface area contributed by atoms with Crippen LogP contribution in [0.5, 0.6) is 0 Å². The first-order valence-corrected chi connectivity index (χ1v) is 46.5. The van der Waals surface area contributed by atoms with Gasteiger partial charge in [-0.2, -0.15) is 11.8 Å². The highest BCUT2D eigenvalue weighted by atomic mass is 32.2. The molecule has 0 saturated carbocycles. The van der Waals surface area contributed by atoms with Gasteiger partial charge in [0.15, 0.2) is 5.96 Å². The molecule has 0 unspecified atom stereocenters. The van der Waals surface area contributed by atoms with Gasteiger partial charge in [-0.15, -0.1) is 0 Å². The summed E-state index contributed by atoms with van der Waals surface area (Å²) in [7, 11) is 0. The van der Waals surface area contributed by atoms with E-state index in [0.29, 0.717) is 50.7 Å². The Balaban J connectivity index is 1.41. The maximum Gasteiger partial charge on any atom is 0.326 e. The molecule has 734 valence electrons. The van der Waals surface area contributed by atoms with Crippen LogP contribution in [-0.2, 0) is 96.0 Å². The van der Waals surface area contributed by atoms with Crippen molar-refractivity contribution in [2.45, 2.75) is 284 Å². The first-order valence-electron chi connectivity index (χ1n) is 45.1. The molecular formula is C92H140N20O20S. The third kappa shape index (κ3) is 37.4. The summed E-state index contributed by atoms with van der Waals surface area (Å²) in [4.78, 5) is 234. The van der Waals surface area contributed by atoms with Crippen molar-refractivity contribution in [3.63, 3.8) is 0 Å². The van der Waals surface area contributed by atoms with Gasteiger partial charge < -0.3 is 122 Å². The average molecular weight is 1880 g/mol. The largest absolute Gasteiger partial charge is 0.481 e. The van der Waals surface area contributed by atoms with Crippen molar-refractivity contribution in [3.05, 3.63) is 108 Å². The number of fused-ring (bicyclic) bond motifs is 2. The number of carbonyl (C=O) groups is 16. The van der Waals surface area contributed by atoms with Gasteiger partial charge in [-0.05, 0) is 148 Å². The lowest BCUT2D eigenvalue weighted by Crippen LogP contribution is -2.63. The number of nitrogens with two attached hydrogens (primary N) is 2. The van der Waals surface area contributed by atoms with Gasteiger partial charge >= 0.3 is 11.9 Å². The van der Waals surface area contributed by atoms with E-state index in [0.717, 1.165) is 6.92 Å². The minimum Gasteiger partial charge on any atom is -0.481 e. The third-order valence-electron chi connectivity index (χ3n) is 21.8. The lowest BCUT2D eigenvalue weighted by atomic mass is 9.98. The average Bonchev–Trinajstić information content (AvgIpc) is 1.77. The van der Waals surface area contributed by atoms with Crippen molar-refractivity contribution in [2.24, 2.45) is 47.0 Å². The van der Waals surface area contributed by atoms with Crippen molar-refractivity contribution >= 4 is 134 Å². The molecule has 40 nitrogen and oxygen atoms in total. The molecule has 0 saturated heterocycles. The second-order valence-corrected chi connectivity index (χ2v) is 37.3. The van der Waals surface area contributed by atoms with Gasteiger partial charge in [0.25, 0.3) is 0 Å². The number of hydrogen-bond donors (Lipinski definition) is 24. The summed E-state index contributed by atoms with van der Waals surface area (Å²) in [6.07, 6.45) is -0.223. The Hall–Kier alpha value is -12.2. The van der Waals surface area contributed by atoms with Crippen LogP contribution in [0.3, 0.4) is 0 Å². The number of aromatic amines is 2. The van der Waals surface area contributed by atoms with Crippen molar-refractivity contribution in [1.82, 2.24) is 89.7 Å². The molecule has 2 heterocycles. The van der Waals surface area contributed by atoms with E-state index in [9.17, 15) is 82.8 Å². The Kier molecular flexibility index (Phi) is 45.7. The zero-order valence-corrected chi connectivity index (χ0v) is 79.5. The van der Waals surface area contributed by atoms with Gasteiger partial charge in [-0.3, -0.25) is 77.3 Å². The van der Waals surface area contributed by atoms with E-state index in [4.69, 9.17) is 16.9 Å². The molecule has 41 heteroatoms. The standard InChI is InChI=1S/C92H140N20O20S/c1-46(2)35-64(80(120)99-52(13)77(117)101-68(40-55-25-18-17-19-26-55)84(124)103-65(36-47(3)4)81(121)102-66(37-48(5)6)83(123)109-72(91(131)132)39-50(9)10)107-89(129)76(54(15)114)112-87(127)71(43-73(115)116)106-85(125)69(41-56-44-97-61-29-22-20-27-58(56)61)105-82(122)67(38-49(7)8)108-90(130)75(53(14)113)111-86(126)70(42-57-45-98-62-30-23-21-28-59(57)62)104-79(119)63(31-24-33-96-92(94)95)100-88(128)74(51(11)12)110-78(118)60(93)32-34-133-16/h17-23,25-30,44-54,60,63-72,74-76,97-98,113-114H,24,31-43,93H2,1-16H3,(H,99,120)(H,100,128)(H,101,117)(H,102,121)(H,103,124)(H,104,119)(H,105,122)(H,106,125)(H,107,129)(H,108,130)(H,109,123)(H,110,118)(H,111,126)(H,112,127)(H,115,116)(H,131,132)(H4,94,95,96)/t52-,53+,54+,60-,63-,64-,65-,66-,67-,68-,69-,70-,71-,72-,74-,75-,76-/m0/s1. The van der Waals surface area contributed by atoms with Crippen LogP contribution in [0.1, 0.15) is 178 Å². The first-order chi connectivity index (χ1) is 62.6. The van der Waals surface area contributed by atoms with Gasteiger partial charge in [0, 0.05) is 60.0 Å². The first kappa shape index (κ1) is 111. The molecule has 17 atom stereocenters. The van der Waals surface area contributed by atoms with Crippen LogP contribution in [0, 0.1) is 40.9 Å². The summed E-state index contributed by atoms with van der Waals surface area (Å²) in [6, 6.07) is -0.267. The molecule has 0 aliphatic carbocycles. The minimum absolute atomic E-state index is 0.0520. The summed E-state index contributed by atoms with van der Waals surface area (Å²) in [5, 5.41) is 90.8. The lowest BCUT2D eigenvalue weighted by Gasteiger charge is -2.30. The molecule has 5 aromatic rings. The zero-order chi connectivity index (χ0) is 99.4. The van der Waals surface area contributed by atoms with E-state index < -0.39 is 216 Å². The Morgan fingerprint density at radius 3 is 1.11 bits per heavy atom. The van der Waals surface area contributed by atoms with E-state index in [1.165, 1.54) is 31.8 Å². The number of para-hydroxylation sites is 2. The predicted molar refractivity (Wildman–Crippen MR) is 502 cm³/mol. The summed E-state index contributed by atoms with van der Waals surface area (Å²) in [5.74, 6) is -17.9. The van der Waals surface area contributed by atoms with Crippen LogP contribution in [-0.4, -0.2) is 252 Å². The SMILES string of the molecule is CSCC[C@H](N)C(=O)N[C@H](C(=O)N[C@@H](CCCNC(=N)N)C(=O)N[C@@H](Cc1c[nH]c2ccccc12)C(=O)N[C@H](C(=O)N[C@@H](CC(C)C)C(=O)N[C@@H](Cc1c[nH]c2ccccc12)C(=O)N[C@@H](CC(=O)O)C(=O)N[C@H](C(=O)N[C@@H](CC(C)C)C(=O)N[C@@H](C)C(=O)N[C@@H](Cc1ccccc1)C(=O)N[C@@H](CC(C)C)C(=O)N[C@@H](CC(C)C)C(=O)N[C@@H](CC(C)C)C(=O)O)[C@@H](C)O)[C@@H](C)O)C(C)C. The van der Waals surface area contributed by atoms with Crippen LogP contribution in [0.4, 0.5) is 0 Å². The fraction of sp³-hybridized carbons (Fsp3) is 0.576. The normalized spacial score (nSPS) is 15.4. The van der Waals surface area contributed by atoms with E-state index in [-0.39, 0.29) is 100 Å². The highest BCUT2D eigenvalue weighted by Gasteiger charge is 2.41. The molecule has 5 rings (SSSR count). The summed E-state index contributed by atoms with van der Waals surface area (Å²) >= 11 is 1.48. The number of nitrogens with one attached hydrogen (secondary N) is 18. The number of aliphatic carboxylic acids is 2. The monoisotopic (exact) mass is 1880 g/mol. The maximum absolute atomic E-state index is 15.1. The number of aliphatic hydroxyl groups is 2. The van der Waals surface area contributed by atoms with Crippen molar-refractivity contribution in [2.75, 3.05) is 18.6 Å². The number of carbonyl (C=O) groups excluding carboxylic acids is 14. The lowest BCUT2D eigenvalue weighted by molar-refractivity contribution is -0.143. The Morgan fingerprint density at radius 2 is 0.707 bits per heavy atom. The van der Waals surface area contributed by atoms with Crippen LogP contribution < -0.4 is 91.2 Å². The highest BCUT2D eigenvalue weighted by Crippen LogP contribution is 2.24. The van der Waals surface area contributed by atoms with Crippen molar-refractivity contribution < 1.29 is 97.1 Å². The van der Waals surface area contributed by atoms with Gasteiger partial charge in [0.2, 0.25) is 82.7 Å². The fourth-order valence-corrected chi connectivity index (χ4v) is 15.3. The number of thioether (sulfide) groups is 1. The number of H-pyrrole nitrogens is 2. The minimum atomic E-state index is -2.10. The third-order valence-corrected chi connectivity index (χ3v) is 22.4. The molecule has 133 heavy (non-hydrogen) atoms. The molecule has 0 radical (unpaired) electrons.